The quantitative estimate of drug-likeness (QED) is 0.330. The van der Waals surface area contributed by atoms with Gasteiger partial charge >= 0.3 is 0 Å². The van der Waals surface area contributed by atoms with Gasteiger partial charge in [-0.15, -0.1) is 11.8 Å². The van der Waals surface area contributed by atoms with Crippen LogP contribution in [0.25, 0.3) is 0 Å². The van der Waals surface area contributed by atoms with Gasteiger partial charge in [-0.2, -0.15) is 0 Å². The number of aryl methyl sites for hydroxylation is 2. The number of hydrogen-bond donors (Lipinski definition) is 1. The van der Waals surface area contributed by atoms with Crippen LogP contribution in [-0.2, 0) is 28.3 Å². The van der Waals surface area contributed by atoms with Crippen LogP contribution in [0.2, 0.25) is 0 Å². The van der Waals surface area contributed by atoms with Gasteiger partial charge in [0.1, 0.15) is 6.04 Å². The van der Waals surface area contributed by atoms with Gasteiger partial charge in [0.15, 0.2) is 0 Å². The number of carbonyl (C=O) groups excluding carboxylic acids is 2. The first-order valence-electron chi connectivity index (χ1n) is 13.3. The molecule has 37 heavy (non-hydrogen) atoms. The molecule has 1 N–H and O–H groups in total. The summed E-state index contributed by atoms with van der Waals surface area (Å²) < 4.78 is 0. The van der Waals surface area contributed by atoms with Crippen molar-refractivity contribution in [3.63, 3.8) is 0 Å². The Balaban J connectivity index is 1.58. The van der Waals surface area contributed by atoms with Gasteiger partial charge in [0.05, 0.1) is 5.75 Å². The molecule has 0 radical (unpaired) electrons. The van der Waals surface area contributed by atoms with Crippen LogP contribution in [0.5, 0.6) is 0 Å². The second kappa shape index (κ2) is 13.5. The first-order chi connectivity index (χ1) is 18.0. The number of thioether (sulfide) groups is 1. The maximum atomic E-state index is 13.8. The van der Waals surface area contributed by atoms with Gasteiger partial charge in [0.25, 0.3) is 0 Å². The Bertz CT molecular complexity index is 1170. The molecule has 0 aromatic heterocycles. The molecular weight excluding hydrogens is 476 g/mol. The third-order valence-corrected chi connectivity index (χ3v) is 8.29. The monoisotopic (exact) mass is 514 g/mol. The first kappa shape index (κ1) is 27.0. The van der Waals surface area contributed by atoms with Crippen molar-refractivity contribution in [2.45, 2.75) is 70.3 Å². The molecule has 194 valence electrons. The van der Waals surface area contributed by atoms with Gasteiger partial charge in [-0.3, -0.25) is 9.59 Å². The van der Waals surface area contributed by atoms with Gasteiger partial charge in [0, 0.05) is 24.8 Å². The molecule has 1 saturated carbocycles. The van der Waals surface area contributed by atoms with Gasteiger partial charge in [-0.25, -0.2) is 0 Å². The van der Waals surface area contributed by atoms with Crippen LogP contribution in [-0.4, -0.2) is 34.6 Å². The number of nitrogens with zero attached hydrogens (tertiary/aromatic N) is 1. The average Bonchev–Trinajstić information content (AvgIpc) is 3.42. The maximum absolute atomic E-state index is 13.8. The summed E-state index contributed by atoms with van der Waals surface area (Å²) in [6.07, 6.45) is 4.83. The van der Waals surface area contributed by atoms with Crippen molar-refractivity contribution in [2.75, 3.05) is 5.75 Å². The van der Waals surface area contributed by atoms with Crippen molar-refractivity contribution in [3.05, 3.63) is 107 Å². The lowest BCUT2D eigenvalue weighted by atomic mass is 10.0. The number of nitrogens with one attached hydrogen (secondary N) is 1. The highest BCUT2D eigenvalue weighted by atomic mass is 32.2. The lowest BCUT2D eigenvalue weighted by Crippen LogP contribution is -2.52. The van der Waals surface area contributed by atoms with Gasteiger partial charge < -0.3 is 10.2 Å². The molecular formula is C32H38N2O2S. The van der Waals surface area contributed by atoms with Crippen molar-refractivity contribution in [1.29, 1.82) is 0 Å². The van der Waals surface area contributed by atoms with Crippen molar-refractivity contribution >= 4 is 23.6 Å². The summed E-state index contributed by atoms with van der Waals surface area (Å²) in [5, 5.41) is 3.28. The molecule has 1 aliphatic rings. The highest BCUT2D eigenvalue weighted by molar-refractivity contribution is 7.99. The summed E-state index contributed by atoms with van der Waals surface area (Å²) in [5.41, 5.74) is 5.74. The Morgan fingerprint density at radius 3 is 2.11 bits per heavy atom. The summed E-state index contributed by atoms with van der Waals surface area (Å²) >= 11 is 1.62. The third-order valence-electron chi connectivity index (χ3n) is 7.32. The molecule has 0 aliphatic heterocycles. The van der Waals surface area contributed by atoms with Crippen LogP contribution in [0.4, 0.5) is 0 Å². The molecule has 0 unspecified atom stereocenters. The Morgan fingerprint density at radius 1 is 0.865 bits per heavy atom. The molecule has 5 heteroatoms. The molecule has 0 heterocycles. The predicted molar refractivity (Wildman–Crippen MR) is 153 cm³/mol. The summed E-state index contributed by atoms with van der Waals surface area (Å²) in [6.45, 7) is 4.59. The van der Waals surface area contributed by atoms with Crippen LogP contribution < -0.4 is 5.32 Å². The van der Waals surface area contributed by atoms with Crippen molar-refractivity contribution in [1.82, 2.24) is 10.2 Å². The zero-order valence-corrected chi connectivity index (χ0v) is 22.8. The molecule has 3 aromatic carbocycles. The van der Waals surface area contributed by atoms with E-state index < -0.39 is 6.04 Å². The van der Waals surface area contributed by atoms with Crippen LogP contribution in [0, 0.1) is 13.8 Å². The van der Waals surface area contributed by atoms with Crippen molar-refractivity contribution in [3.8, 4) is 0 Å². The smallest absolute Gasteiger partial charge is 0.243 e. The van der Waals surface area contributed by atoms with E-state index in [1.54, 1.807) is 11.8 Å². The normalized spacial score (nSPS) is 14.3. The van der Waals surface area contributed by atoms with E-state index in [2.05, 4.69) is 43.4 Å². The Labute approximate surface area is 225 Å². The molecule has 1 fully saturated rings. The fraction of sp³-hybridized carbons (Fsp3) is 0.375. The lowest BCUT2D eigenvalue weighted by Gasteiger charge is -2.32. The highest BCUT2D eigenvalue weighted by Crippen LogP contribution is 2.22. The number of amides is 2. The maximum Gasteiger partial charge on any atom is 0.243 e. The van der Waals surface area contributed by atoms with Crippen molar-refractivity contribution < 1.29 is 9.59 Å². The second-order valence-electron chi connectivity index (χ2n) is 10.1. The highest BCUT2D eigenvalue weighted by Gasteiger charge is 2.32. The zero-order valence-electron chi connectivity index (χ0n) is 22.0. The SMILES string of the molecule is Cc1ccccc1CSCC(=O)N(Cc1ccccc1C)[C@@H](Cc1ccccc1)C(=O)NC1CCCC1. The Morgan fingerprint density at radius 2 is 1.46 bits per heavy atom. The number of hydrogen-bond acceptors (Lipinski definition) is 3. The lowest BCUT2D eigenvalue weighted by molar-refractivity contribution is -0.139. The fourth-order valence-electron chi connectivity index (χ4n) is 5.00. The van der Waals surface area contributed by atoms with E-state index in [1.165, 1.54) is 11.1 Å². The summed E-state index contributed by atoms with van der Waals surface area (Å²) in [6, 6.07) is 26.1. The molecule has 1 atom stereocenters. The van der Waals surface area contributed by atoms with Gasteiger partial charge in [0.2, 0.25) is 11.8 Å². The largest absolute Gasteiger partial charge is 0.352 e. The van der Waals surface area contributed by atoms with Crippen LogP contribution in [0.3, 0.4) is 0 Å². The predicted octanol–water partition coefficient (Wildman–Crippen LogP) is 6.24. The molecule has 0 saturated heterocycles. The van der Waals surface area contributed by atoms with E-state index in [1.807, 2.05) is 59.5 Å². The van der Waals surface area contributed by atoms with E-state index in [0.29, 0.717) is 18.7 Å². The van der Waals surface area contributed by atoms with E-state index in [-0.39, 0.29) is 17.9 Å². The van der Waals surface area contributed by atoms with Crippen LogP contribution >= 0.6 is 11.8 Å². The zero-order chi connectivity index (χ0) is 26.0. The second-order valence-corrected chi connectivity index (χ2v) is 11.0. The van der Waals surface area contributed by atoms with Gasteiger partial charge in [-0.05, 0) is 54.5 Å². The molecule has 3 aromatic rings. The summed E-state index contributed by atoms with van der Waals surface area (Å²) in [4.78, 5) is 29.4. The van der Waals surface area contributed by atoms with Crippen LogP contribution in [0.15, 0.2) is 78.9 Å². The minimum atomic E-state index is -0.561. The third kappa shape index (κ3) is 7.72. The van der Waals surface area contributed by atoms with Gasteiger partial charge in [-0.1, -0.05) is 91.7 Å². The molecule has 0 spiro atoms. The number of benzene rings is 3. The van der Waals surface area contributed by atoms with E-state index in [9.17, 15) is 9.59 Å². The summed E-state index contributed by atoms with van der Waals surface area (Å²) in [7, 11) is 0. The molecule has 4 nitrogen and oxygen atoms in total. The molecule has 4 rings (SSSR count). The van der Waals surface area contributed by atoms with Crippen LogP contribution in [0.1, 0.15) is 53.5 Å². The van der Waals surface area contributed by atoms with E-state index in [0.717, 1.165) is 48.1 Å². The minimum absolute atomic E-state index is 0.00402. The Hall–Kier alpha value is -3.05. The van der Waals surface area contributed by atoms with Crippen molar-refractivity contribution in [2.24, 2.45) is 0 Å². The molecule has 1 aliphatic carbocycles. The molecule has 0 bridgehead atoms. The number of carbonyl (C=O) groups is 2. The van der Waals surface area contributed by atoms with E-state index in [4.69, 9.17) is 0 Å². The minimum Gasteiger partial charge on any atom is -0.352 e. The number of rotatable bonds is 11. The molecule has 2 amide bonds. The summed E-state index contributed by atoms with van der Waals surface area (Å²) in [5.74, 6) is 1.07. The average molecular weight is 515 g/mol. The topological polar surface area (TPSA) is 49.4 Å². The standard InChI is InChI=1S/C32H38N2O2S/c1-24-12-6-8-16-27(24)21-34(31(35)23-37-22-28-17-9-7-13-25(28)2)30(20-26-14-4-3-5-15-26)32(36)33-29-18-10-11-19-29/h3-9,12-17,29-30H,10-11,18-23H2,1-2H3,(H,33,36)/t30-/m0/s1. The van der Waals surface area contributed by atoms with E-state index >= 15 is 0 Å². The first-order valence-corrected chi connectivity index (χ1v) is 14.5. The fourth-order valence-corrected chi connectivity index (χ4v) is 5.98. The Kier molecular flexibility index (Phi) is 9.84.